The molecular weight excluding hydrogens is 350 g/mol. The highest BCUT2D eigenvalue weighted by Crippen LogP contribution is 2.28. The van der Waals surface area contributed by atoms with Crippen molar-refractivity contribution in [3.05, 3.63) is 70.9 Å². The summed E-state index contributed by atoms with van der Waals surface area (Å²) in [5.74, 6) is -0.663. The summed E-state index contributed by atoms with van der Waals surface area (Å²) >= 11 is 5.84. The molecule has 0 saturated carbocycles. The fourth-order valence-electron chi connectivity index (χ4n) is 2.59. The van der Waals surface area contributed by atoms with Crippen LogP contribution in [0.25, 0.3) is 5.57 Å². The summed E-state index contributed by atoms with van der Waals surface area (Å²) in [4.78, 5) is 13.8. The molecule has 1 atom stereocenters. The van der Waals surface area contributed by atoms with E-state index in [-0.39, 0.29) is 16.8 Å². The van der Waals surface area contributed by atoms with E-state index in [4.69, 9.17) is 16.3 Å². The monoisotopic (exact) mass is 364 g/mol. The summed E-state index contributed by atoms with van der Waals surface area (Å²) in [6.45, 7) is 0.485. The number of nitrogens with one attached hydrogen (secondary N) is 1. The molecule has 0 fully saturated rings. The number of carbonyl (C=O) groups is 1. The molecule has 1 amide bonds. The van der Waals surface area contributed by atoms with Crippen molar-refractivity contribution in [1.82, 2.24) is 10.2 Å². The number of likely N-dealkylation sites (N-methyl/N-ethyl adjacent to an activating group) is 1. The molecule has 25 heavy (non-hydrogen) atoms. The Morgan fingerprint density at radius 1 is 1.24 bits per heavy atom. The molecule has 0 unspecified atom stereocenters. The van der Waals surface area contributed by atoms with E-state index in [1.54, 1.807) is 19.3 Å². The van der Waals surface area contributed by atoms with Crippen LogP contribution in [0.2, 0.25) is 5.02 Å². The first-order chi connectivity index (χ1) is 12.0. The molecule has 0 bridgehead atoms. The van der Waals surface area contributed by atoms with Crippen molar-refractivity contribution in [1.29, 1.82) is 0 Å². The van der Waals surface area contributed by atoms with E-state index in [9.17, 15) is 13.6 Å². The molecule has 1 aliphatic rings. The molecule has 1 heterocycles. The van der Waals surface area contributed by atoms with Crippen molar-refractivity contribution in [2.75, 3.05) is 13.6 Å². The van der Waals surface area contributed by atoms with Gasteiger partial charge in [0, 0.05) is 19.8 Å². The minimum Gasteiger partial charge on any atom is -0.410 e. The van der Waals surface area contributed by atoms with Crippen LogP contribution in [0, 0.1) is 11.6 Å². The first-order valence-corrected chi connectivity index (χ1v) is 7.92. The normalized spacial score (nSPS) is 16.2. The predicted molar refractivity (Wildman–Crippen MR) is 91.4 cm³/mol. The second-order valence-electron chi connectivity index (χ2n) is 5.59. The van der Waals surface area contributed by atoms with Crippen molar-refractivity contribution >= 4 is 23.3 Å². The van der Waals surface area contributed by atoms with Crippen molar-refractivity contribution in [3.63, 3.8) is 0 Å². The standard InChI is InChI=1S/C18H15ClF2N2O2/c1-23(18(24)25-13-5-3-12(20)4-6-13)17-10-22-9-14(17)11-2-7-16(21)15(19)8-11/h2-9,17,22H,10H2,1H3/t17-/m1/s1. The van der Waals surface area contributed by atoms with E-state index >= 15 is 0 Å². The lowest BCUT2D eigenvalue weighted by Crippen LogP contribution is -2.41. The first kappa shape index (κ1) is 17.2. The molecule has 0 spiro atoms. The Kier molecular flexibility index (Phi) is 4.90. The molecule has 4 nitrogen and oxygen atoms in total. The lowest BCUT2D eigenvalue weighted by Gasteiger charge is -2.26. The van der Waals surface area contributed by atoms with Gasteiger partial charge in [0.25, 0.3) is 0 Å². The number of ether oxygens (including phenoxy) is 1. The van der Waals surface area contributed by atoms with E-state index < -0.39 is 17.7 Å². The van der Waals surface area contributed by atoms with Gasteiger partial charge < -0.3 is 15.0 Å². The Balaban J connectivity index is 1.75. The zero-order chi connectivity index (χ0) is 18.0. The summed E-state index contributed by atoms with van der Waals surface area (Å²) in [6.07, 6.45) is 1.18. The number of amides is 1. The topological polar surface area (TPSA) is 41.6 Å². The molecule has 1 N–H and O–H groups in total. The number of carbonyl (C=O) groups excluding carboxylic acids is 1. The van der Waals surface area contributed by atoms with E-state index in [1.807, 2.05) is 0 Å². The third-order valence-electron chi connectivity index (χ3n) is 3.95. The number of nitrogens with zero attached hydrogens (tertiary/aromatic N) is 1. The van der Waals surface area contributed by atoms with Gasteiger partial charge in [-0.15, -0.1) is 0 Å². The zero-order valence-corrected chi connectivity index (χ0v) is 14.1. The second kappa shape index (κ2) is 7.11. The zero-order valence-electron chi connectivity index (χ0n) is 13.3. The third-order valence-corrected chi connectivity index (χ3v) is 4.24. The summed E-state index contributed by atoms with van der Waals surface area (Å²) in [5.41, 5.74) is 1.50. The minimum absolute atomic E-state index is 0.0144. The van der Waals surface area contributed by atoms with E-state index in [0.29, 0.717) is 12.1 Å². The Morgan fingerprint density at radius 2 is 1.96 bits per heavy atom. The van der Waals surface area contributed by atoms with Crippen molar-refractivity contribution in [2.24, 2.45) is 0 Å². The van der Waals surface area contributed by atoms with Crippen LogP contribution in [0.15, 0.2) is 48.7 Å². The maximum absolute atomic E-state index is 13.4. The van der Waals surface area contributed by atoms with Crippen molar-refractivity contribution in [3.8, 4) is 5.75 Å². The van der Waals surface area contributed by atoms with Gasteiger partial charge in [0.1, 0.15) is 17.4 Å². The summed E-state index contributed by atoms with van der Waals surface area (Å²) in [5, 5.41) is 3.08. The summed E-state index contributed by atoms with van der Waals surface area (Å²) in [6, 6.07) is 9.28. The minimum atomic E-state index is -0.584. The SMILES string of the molecule is CN(C(=O)Oc1ccc(F)cc1)[C@@H]1CNC=C1c1ccc(F)c(Cl)c1. The average molecular weight is 365 g/mol. The van der Waals surface area contributed by atoms with Gasteiger partial charge in [-0.2, -0.15) is 0 Å². The summed E-state index contributed by atoms with van der Waals surface area (Å²) in [7, 11) is 1.60. The Bertz CT molecular complexity index is 824. The smallest absolute Gasteiger partial charge is 0.410 e. The van der Waals surface area contributed by atoms with Gasteiger partial charge in [-0.1, -0.05) is 17.7 Å². The molecule has 3 rings (SSSR count). The highest BCUT2D eigenvalue weighted by Gasteiger charge is 2.29. The largest absolute Gasteiger partial charge is 0.415 e. The van der Waals surface area contributed by atoms with Crippen LogP contribution >= 0.6 is 11.6 Å². The predicted octanol–water partition coefficient (Wildman–Crippen LogP) is 4.06. The summed E-state index contributed by atoms with van der Waals surface area (Å²) < 4.78 is 31.5. The number of halogens is 3. The van der Waals surface area contributed by atoms with Crippen LogP contribution in [0.5, 0.6) is 5.75 Å². The lowest BCUT2D eigenvalue weighted by atomic mass is 10.0. The van der Waals surface area contributed by atoms with Crippen LogP contribution in [0.3, 0.4) is 0 Å². The fraction of sp³-hybridized carbons (Fsp3) is 0.167. The third kappa shape index (κ3) is 3.74. The van der Waals surface area contributed by atoms with E-state index in [1.165, 1.54) is 41.3 Å². The maximum Gasteiger partial charge on any atom is 0.415 e. The molecule has 1 aliphatic heterocycles. The Hall–Kier alpha value is -2.60. The van der Waals surface area contributed by atoms with Gasteiger partial charge in [0.2, 0.25) is 0 Å². The molecular formula is C18H15ClF2N2O2. The van der Waals surface area contributed by atoms with Crippen LogP contribution in [0.1, 0.15) is 5.56 Å². The van der Waals surface area contributed by atoms with Gasteiger partial charge in [-0.05, 0) is 47.5 Å². The van der Waals surface area contributed by atoms with Crippen LogP contribution in [-0.4, -0.2) is 30.6 Å². The Labute approximate surface area is 148 Å². The van der Waals surface area contributed by atoms with Gasteiger partial charge in [-0.3, -0.25) is 0 Å². The van der Waals surface area contributed by atoms with Crippen molar-refractivity contribution in [2.45, 2.75) is 6.04 Å². The van der Waals surface area contributed by atoms with Gasteiger partial charge in [0.15, 0.2) is 0 Å². The van der Waals surface area contributed by atoms with Crippen LogP contribution in [0.4, 0.5) is 13.6 Å². The van der Waals surface area contributed by atoms with Gasteiger partial charge >= 0.3 is 6.09 Å². The van der Waals surface area contributed by atoms with Crippen LogP contribution < -0.4 is 10.1 Å². The molecule has 0 saturated heterocycles. The number of hydrogen-bond acceptors (Lipinski definition) is 3. The molecule has 2 aromatic carbocycles. The highest BCUT2D eigenvalue weighted by atomic mass is 35.5. The first-order valence-electron chi connectivity index (χ1n) is 7.55. The average Bonchev–Trinajstić information content (AvgIpc) is 3.08. The van der Waals surface area contributed by atoms with Crippen molar-refractivity contribution < 1.29 is 18.3 Å². The number of rotatable bonds is 3. The number of hydrogen-bond donors (Lipinski definition) is 1. The highest BCUT2D eigenvalue weighted by molar-refractivity contribution is 6.30. The molecule has 0 aliphatic carbocycles. The van der Waals surface area contributed by atoms with Gasteiger partial charge in [-0.25, -0.2) is 13.6 Å². The molecule has 0 radical (unpaired) electrons. The molecule has 7 heteroatoms. The number of benzene rings is 2. The molecule has 130 valence electrons. The Morgan fingerprint density at radius 3 is 2.64 bits per heavy atom. The van der Waals surface area contributed by atoms with Gasteiger partial charge in [0.05, 0.1) is 11.1 Å². The van der Waals surface area contributed by atoms with E-state index in [0.717, 1.165) is 5.57 Å². The molecule has 2 aromatic rings. The lowest BCUT2D eigenvalue weighted by molar-refractivity contribution is 0.156. The molecule has 0 aromatic heterocycles. The quantitative estimate of drug-likeness (QED) is 0.893. The van der Waals surface area contributed by atoms with Crippen LogP contribution in [-0.2, 0) is 0 Å². The fourth-order valence-corrected chi connectivity index (χ4v) is 2.77. The second-order valence-corrected chi connectivity index (χ2v) is 5.99. The van der Waals surface area contributed by atoms with E-state index in [2.05, 4.69) is 5.32 Å². The maximum atomic E-state index is 13.4.